The molecule has 1 aliphatic rings. The summed E-state index contributed by atoms with van der Waals surface area (Å²) in [5, 5.41) is 10.0. The van der Waals surface area contributed by atoms with Gasteiger partial charge in [-0.25, -0.2) is 4.39 Å². The largest absolute Gasteiger partial charge is 0.483 e. The van der Waals surface area contributed by atoms with Gasteiger partial charge in [-0.3, -0.25) is 9.59 Å². The van der Waals surface area contributed by atoms with Crippen molar-refractivity contribution in [1.82, 2.24) is 0 Å². The third kappa shape index (κ3) is 6.72. The van der Waals surface area contributed by atoms with Crippen LogP contribution in [0.5, 0.6) is 0 Å². The summed E-state index contributed by atoms with van der Waals surface area (Å²) >= 11 is 0. The average Bonchev–Trinajstić information content (AvgIpc) is 3.38. The van der Waals surface area contributed by atoms with E-state index in [0.717, 1.165) is 36.1 Å². The average molecular weight is 534 g/mol. The van der Waals surface area contributed by atoms with E-state index in [1.165, 1.54) is 12.5 Å². The molecule has 2 atom stereocenters. The van der Waals surface area contributed by atoms with Crippen molar-refractivity contribution >= 4 is 30.0 Å². The van der Waals surface area contributed by atoms with Crippen LogP contribution in [0.25, 0.3) is 11.9 Å². The number of hydrogen-bond acceptors (Lipinski definition) is 5. The quantitative estimate of drug-likeness (QED) is 0.298. The van der Waals surface area contributed by atoms with Crippen LogP contribution < -0.4 is 27.4 Å². The highest BCUT2D eigenvalue weighted by Crippen LogP contribution is 2.37. The first kappa shape index (κ1) is 28.3. The summed E-state index contributed by atoms with van der Waals surface area (Å²) in [6, 6.07) is 11.5. The molecule has 7 nitrogen and oxygen atoms in total. The van der Waals surface area contributed by atoms with E-state index in [9.17, 15) is 22.4 Å². The molecule has 0 radical (unpaired) electrons. The van der Waals surface area contributed by atoms with Crippen molar-refractivity contribution in [2.75, 3.05) is 5.32 Å². The maximum Gasteiger partial charge on any atom is 0.416 e. The molecule has 202 valence electrons. The van der Waals surface area contributed by atoms with Crippen LogP contribution in [0.3, 0.4) is 0 Å². The van der Waals surface area contributed by atoms with E-state index in [4.69, 9.17) is 25.8 Å². The summed E-state index contributed by atoms with van der Waals surface area (Å²) in [5.74, 6) is -1.77. The fourth-order valence-electron chi connectivity index (χ4n) is 4.49. The molecule has 1 saturated carbocycles. The van der Waals surface area contributed by atoms with Crippen molar-refractivity contribution in [3.05, 3.63) is 87.9 Å². The minimum absolute atomic E-state index is 0.115. The van der Waals surface area contributed by atoms with Crippen molar-refractivity contribution in [3.63, 3.8) is 0 Å². The molecule has 0 aliphatic heterocycles. The number of rotatable bonds is 4. The third-order valence-corrected chi connectivity index (χ3v) is 6.41. The van der Waals surface area contributed by atoms with Crippen LogP contribution in [0, 0.1) is 11.7 Å². The van der Waals surface area contributed by atoms with E-state index in [1.807, 2.05) is 24.3 Å². The summed E-state index contributed by atoms with van der Waals surface area (Å²) in [7, 11) is 0. The van der Waals surface area contributed by atoms with E-state index < -0.39 is 23.5 Å². The zero-order valence-electron chi connectivity index (χ0n) is 20.2. The van der Waals surface area contributed by atoms with E-state index in [2.05, 4.69) is 5.32 Å². The Balaban J connectivity index is 0.00000127. The Hall–Kier alpha value is -4.28. The molecule has 3 aromatic rings. The third-order valence-electron chi connectivity index (χ3n) is 6.41. The first-order valence-corrected chi connectivity index (χ1v) is 11.7. The second-order valence-electron chi connectivity index (χ2n) is 8.75. The predicted molar refractivity (Wildman–Crippen MR) is 133 cm³/mol. The van der Waals surface area contributed by atoms with Gasteiger partial charge in [-0.05, 0) is 55.0 Å². The highest BCUT2D eigenvalue weighted by molar-refractivity contribution is 5.92. The lowest BCUT2D eigenvalue weighted by molar-refractivity contribution is -0.137. The molecule has 1 aromatic heterocycles. The number of hydrogen-bond donors (Lipinski definition) is 4. The van der Waals surface area contributed by atoms with Gasteiger partial charge in [-0.1, -0.05) is 30.7 Å². The highest BCUT2D eigenvalue weighted by atomic mass is 19.4. The van der Waals surface area contributed by atoms with Crippen LogP contribution in [0.1, 0.15) is 48.3 Å². The lowest BCUT2D eigenvalue weighted by Gasteiger charge is -2.29. The maximum absolute atomic E-state index is 14.2. The topological polar surface area (TPSA) is 132 Å². The first-order chi connectivity index (χ1) is 18.1. The molecule has 6 N–H and O–H groups in total. The zero-order chi connectivity index (χ0) is 27.9. The van der Waals surface area contributed by atoms with Crippen molar-refractivity contribution in [2.24, 2.45) is 17.4 Å². The predicted octanol–water partition coefficient (Wildman–Crippen LogP) is 3.86. The molecule has 0 spiro atoms. The second-order valence-corrected chi connectivity index (χ2v) is 8.75. The molecular formula is C27H27F4N3O4. The van der Waals surface area contributed by atoms with Crippen LogP contribution in [0.2, 0.25) is 0 Å². The molecule has 38 heavy (non-hydrogen) atoms. The van der Waals surface area contributed by atoms with Crippen molar-refractivity contribution < 1.29 is 36.7 Å². The van der Waals surface area contributed by atoms with E-state index in [1.54, 1.807) is 6.07 Å². The van der Waals surface area contributed by atoms with E-state index in [0.29, 0.717) is 35.2 Å². The maximum atomic E-state index is 14.2. The Labute approximate surface area is 215 Å². The van der Waals surface area contributed by atoms with Gasteiger partial charge < -0.3 is 26.3 Å². The number of halogens is 4. The molecule has 11 heteroatoms. The molecular weight excluding hydrogens is 506 g/mol. The number of alkyl halides is 3. The SMILES string of the molecule is N/C=c1/cco/c1=C(/N)c1ccc(C2CCCC(C(=O)Nc3ccc(C(F)(F)F)cc3F)C2)cc1.O=CO. The molecule has 4 rings (SSSR count). The lowest BCUT2D eigenvalue weighted by Crippen LogP contribution is -2.28. The van der Waals surface area contributed by atoms with Crippen LogP contribution in [0.4, 0.5) is 23.2 Å². The fraction of sp³-hybridized carbons (Fsp3) is 0.259. The number of amides is 1. The number of nitrogens with one attached hydrogen (secondary N) is 1. The summed E-state index contributed by atoms with van der Waals surface area (Å²) in [5.41, 5.74) is 13.3. The minimum atomic E-state index is -4.65. The van der Waals surface area contributed by atoms with Crippen LogP contribution >= 0.6 is 0 Å². The van der Waals surface area contributed by atoms with Crippen LogP contribution in [0.15, 0.2) is 59.2 Å². The van der Waals surface area contributed by atoms with Crippen molar-refractivity contribution in [2.45, 2.75) is 37.8 Å². The number of nitrogens with two attached hydrogens (primary N) is 2. The second kappa shape index (κ2) is 12.3. The monoisotopic (exact) mass is 533 g/mol. The lowest BCUT2D eigenvalue weighted by atomic mass is 9.77. The Kier molecular flexibility index (Phi) is 9.16. The van der Waals surface area contributed by atoms with Gasteiger partial charge in [0.1, 0.15) is 5.82 Å². The van der Waals surface area contributed by atoms with Crippen molar-refractivity contribution in [1.29, 1.82) is 0 Å². The van der Waals surface area contributed by atoms with Gasteiger partial charge in [-0.15, -0.1) is 0 Å². The van der Waals surface area contributed by atoms with Gasteiger partial charge in [0.05, 0.1) is 23.2 Å². The van der Waals surface area contributed by atoms with Gasteiger partial charge in [-0.2, -0.15) is 13.2 Å². The summed E-state index contributed by atoms with van der Waals surface area (Å²) in [6.45, 7) is -0.250. The molecule has 1 aliphatic carbocycles. The minimum Gasteiger partial charge on any atom is -0.483 e. The van der Waals surface area contributed by atoms with Gasteiger partial charge in [0, 0.05) is 22.9 Å². The number of carbonyl (C=O) groups excluding carboxylic acids is 1. The number of carbonyl (C=O) groups is 2. The Morgan fingerprint density at radius 3 is 2.39 bits per heavy atom. The molecule has 1 amide bonds. The normalized spacial score (nSPS) is 18.7. The number of furan rings is 1. The van der Waals surface area contributed by atoms with E-state index in [-0.39, 0.29) is 24.0 Å². The first-order valence-electron chi connectivity index (χ1n) is 11.7. The van der Waals surface area contributed by atoms with E-state index >= 15 is 0 Å². The molecule has 0 bridgehead atoms. The van der Waals surface area contributed by atoms with Gasteiger partial charge >= 0.3 is 6.18 Å². The van der Waals surface area contributed by atoms with Gasteiger partial charge in [0.25, 0.3) is 6.47 Å². The Bertz CT molecular complexity index is 1380. The van der Waals surface area contributed by atoms with Crippen molar-refractivity contribution in [3.8, 4) is 0 Å². The molecule has 1 fully saturated rings. The van der Waals surface area contributed by atoms with Crippen LogP contribution in [-0.2, 0) is 15.8 Å². The Morgan fingerprint density at radius 2 is 1.79 bits per heavy atom. The zero-order valence-corrected chi connectivity index (χ0v) is 20.2. The summed E-state index contributed by atoms with van der Waals surface area (Å²) < 4.78 is 57.9. The smallest absolute Gasteiger partial charge is 0.416 e. The molecule has 2 unspecified atom stereocenters. The molecule has 1 heterocycles. The number of carboxylic acid groups (broad SMARTS) is 1. The molecule has 2 aromatic carbocycles. The Morgan fingerprint density at radius 1 is 1.11 bits per heavy atom. The summed E-state index contributed by atoms with van der Waals surface area (Å²) in [4.78, 5) is 21.1. The van der Waals surface area contributed by atoms with Gasteiger partial charge in [0.15, 0.2) is 5.42 Å². The number of anilines is 1. The van der Waals surface area contributed by atoms with Gasteiger partial charge in [0.2, 0.25) is 5.91 Å². The van der Waals surface area contributed by atoms with Crippen LogP contribution in [-0.4, -0.2) is 17.5 Å². The highest BCUT2D eigenvalue weighted by Gasteiger charge is 2.32. The standard InChI is InChI=1S/C26H25F4N3O2.CH2O2/c27-21-13-20(26(28,29)30)8-9-22(21)33-25(34)18-3-1-2-17(12-18)15-4-6-16(7-5-15)23(32)24-19(14-31)10-11-35-24;2-1-3/h4-11,13-14,17-18H,1-3,12,31-32H2,(H,33,34);1H,(H,2,3)/b19-14-,24-23+;. The number of benzene rings is 2. The molecule has 0 saturated heterocycles. The fourth-order valence-corrected chi connectivity index (χ4v) is 4.49. The summed E-state index contributed by atoms with van der Waals surface area (Å²) in [6.07, 6.45) is 1.15.